The Morgan fingerprint density at radius 3 is 2.79 bits per heavy atom. The van der Waals surface area contributed by atoms with E-state index in [1.54, 1.807) is 28.8 Å². The molecular weight excluding hydrogens is 309 g/mol. The Balaban J connectivity index is 0.00000162. The molecule has 2 atom stereocenters. The third kappa shape index (κ3) is 4.57. The van der Waals surface area contributed by atoms with E-state index in [0.29, 0.717) is 19.5 Å². The van der Waals surface area contributed by atoms with Crippen LogP contribution in [0, 0.1) is 6.92 Å². The van der Waals surface area contributed by atoms with Crippen LogP contribution in [0.2, 0.25) is 0 Å². The molecule has 0 aliphatic carbocycles. The average molecular weight is 328 g/mol. The van der Waals surface area contributed by atoms with Crippen LogP contribution in [-0.2, 0) is 11.3 Å². The Bertz CT molecular complexity index is 416. The van der Waals surface area contributed by atoms with Crippen molar-refractivity contribution in [3.63, 3.8) is 0 Å². The largest absolute Gasteiger partial charge is 0.392 e. The van der Waals surface area contributed by atoms with E-state index in [-0.39, 0.29) is 36.8 Å². The van der Waals surface area contributed by atoms with Gasteiger partial charge in [0, 0.05) is 18.5 Å². The first-order valence-electron chi connectivity index (χ1n) is 5.63. The van der Waals surface area contributed by atoms with Crippen molar-refractivity contribution in [1.82, 2.24) is 15.2 Å². The summed E-state index contributed by atoms with van der Waals surface area (Å²) in [5.41, 5.74) is 2.77. The number of amides is 1. The van der Waals surface area contributed by atoms with Crippen LogP contribution in [0.4, 0.5) is 0 Å². The van der Waals surface area contributed by atoms with Crippen LogP contribution in [0.1, 0.15) is 17.0 Å². The lowest BCUT2D eigenvalue weighted by molar-refractivity contribution is -0.132. The number of aliphatic hydroxyl groups is 1. The smallest absolute Gasteiger partial charge is 0.239 e. The summed E-state index contributed by atoms with van der Waals surface area (Å²) in [5.74, 6) is 0.0364. The molecule has 0 spiro atoms. The SMILES string of the molecule is Cc1ncsc1CN(C)C(=O)C1CC(O)CN1.Cl.Cl. The molecule has 0 saturated carbocycles. The number of hydrogen-bond donors (Lipinski definition) is 2. The zero-order valence-corrected chi connectivity index (χ0v) is 13.3. The van der Waals surface area contributed by atoms with Crippen LogP contribution in [0.5, 0.6) is 0 Å². The number of aryl methyl sites for hydroxylation is 1. The monoisotopic (exact) mass is 327 g/mol. The molecule has 1 aromatic rings. The highest BCUT2D eigenvalue weighted by molar-refractivity contribution is 7.09. The maximum Gasteiger partial charge on any atom is 0.239 e. The Hall–Kier alpha value is -0.400. The van der Waals surface area contributed by atoms with Gasteiger partial charge in [-0.2, -0.15) is 0 Å². The Kier molecular flexibility index (Phi) is 7.85. The number of halogens is 2. The van der Waals surface area contributed by atoms with Gasteiger partial charge in [-0.1, -0.05) is 0 Å². The minimum Gasteiger partial charge on any atom is -0.392 e. The highest BCUT2D eigenvalue weighted by Gasteiger charge is 2.30. The molecule has 0 aromatic carbocycles. The zero-order valence-electron chi connectivity index (χ0n) is 10.8. The van der Waals surface area contributed by atoms with Gasteiger partial charge in [-0.25, -0.2) is 4.98 Å². The standard InChI is InChI=1S/C11H17N3O2S.2ClH/c1-7-10(17-6-13-7)5-14(2)11(16)9-3-8(15)4-12-9;;/h6,8-9,12,15H,3-5H2,1-2H3;2*1H. The molecule has 1 saturated heterocycles. The van der Waals surface area contributed by atoms with Gasteiger partial charge in [-0.15, -0.1) is 36.2 Å². The molecule has 19 heavy (non-hydrogen) atoms. The van der Waals surface area contributed by atoms with Gasteiger partial charge in [0.15, 0.2) is 0 Å². The highest BCUT2D eigenvalue weighted by Crippen LogP contribution is 2.16. The number of carbonyl (C=O) groups is 1. The zero-order chi connectivity index (χ0) is 12.4. The van der Waals surface area contributed by atoms with E-state index in [9.17, 15) is 9.90 Å². The molecule has 1 aromatic heterocycles. The number of rotatable bonds is 3. The quantitative estimate of drug-likeness (QED) is 0.868. The molecule has 0 radical (unpaired) electrons. The Labute approximate surface area is 129 Å². The highest BCUT2D eigenvalue weighted by atomic mass is 35.5. The molecule has 2 N–H and O–H groups in total. The van der Waals surface area contributed by atoms with Crippen molar-refractivity contribution in [3.8, 4) is 0 Å². The summed E-state index contributed by atoms with van der Waals surface area (Å²) in [6.45, 7) is 3.04. The van der Waals surface area contributed by atoms with Crippen molar-refractivity contribution < 1.29 is 9.90 Å². The molecule has 5 nitrogen and oxygen atoms in total. The van der Waals surface area contributed by atoms with Crippen LogP contribution in [-0.4, -0.2) is 46.6 Å². The van der Waals surface area contributed by atoms with E-state index in [1.165, 1.54) is 0 Å². The van der Waals surface area contributed by atoms with Gasteiger partial charge in [0.05, 0.1) is 29.9 Å². The van der Waals surface area contributed by atoms with Gasteiger partial charge in [0.1, 0.15) is 0 Å². The van der Waals surface area contributed by atoms with Crippen molar-refractivity contribution >= 4 is 42.1 Å². The second kappa shape index (κ2) is 8.01. The molecule has 2 rings (SSSR count). The Morgan fingerprint density at radius 2 is 2.32 bits per heavy atom. The second-order valence-electron chi connectivity index (χ2n) is 4.41. The van der Waals surface area contributed by atoms with Crippen molar-refractivity contribution in [3.05, 3.63) is 16.1 Å². The third-order valence-electron chi connectivity index (χ3n) is 3.01. The molecule has 1 aliphatic rings. The number of carbonyl (C=O) groups excluding carboxylic acids is 1. The number of nitrogens with zero attached hydrogens (tertiary/aromatic N) is 2. The number of thiazole rings is 1. The van der Waals surface area contributed by atoms with Gasteiger partial charge in [0.2, 0.25) is 5.91 Å². The predicted octanol–water partition coefficient (Wildman–Crippen LogP) is 0.976. The fourth-order valence-electron chi connectivity index (χ4n) is 1.94. The molecule has 8 heteroatoms. The van der Waals surface area contributed by atoms with E-state index in [0.717, 1.165) is 10.6 Å². The van der Waals surface area contributed by atoms with Crippen LogP contribution >= 0.6 is 36.2 Å². The minimum atomic E-state index is -0.400. The van der Waals surface area contributed by atoms with Crippen LogP contribution in [0.15, 0.2) is 5.51 Å². The lowest BCUT2D eigenvalue weighted by atomic mass is 10.2. The number of aromatic nitrogens is 1. The van der Waals surface area contributed by atoms with Crippen molar-refractivity contribution in [2.75, 3.05) is 13.6 Å². The van der Waals surface area contributed by atoms with Gasteiger partial charge in [-0.3, -0.25) is 4.79 Å². The Morgan fingerprint density at radius 1 is 1.63 bits per heavy atom. The van der Waals surface area contributed by atoms with Gasteiger partial charge in [0.25, 0.3) is 0 Å². The first kappa shape index (κ1) is 18.6. The molecule has 2 unspecified atom stereocenters. The summed E-state index contributed by atoms with van der Waals surface area (Å²) in [7, 11) is 1.79. The summed E-state index contributed by atoms with van der Waals surface area (Å²) < 4.78 is 0. The maximum atomic E-state index is 12.1. The van der Waals surface area contributed by atoms with E-state index in [4.69, 9.17) is 0 Å². The summed E-state index contributed by atoms with van der Waals surface area (Å²) in [6.07, 6.45) is 0.104. The second-order valence-corrected chi connectivity index (χ2v) is 5.34. The summed E-state index contributed by atoms with van der Waals surface area (Å²) >= 11 is 1.56. The topological polar surface area (TPSA) is 65.5 Å². The van der Waals surface area contributed by atoms with Crippen molar-refractivity contribution in [2.24, 2.45) is 0 Å². The van der Waals surface area contributed by atoms with E-state index < -0.39 is 6.10 Å². The normalized spacial score (nSPS) is 21.4. The first-order chi connectivity index (χ1) is 8.08. The van der Waals surface area contributed by atoms with Crippen molar-refractivity contribution in [2.45, 2.75) is 32.0 Å². The minimum absolute atomic E-state index is 0. The third-order valence-corrected chi connectivity index (χ3v) is 3.93. The van der Waals surface area contributed by atoms with Crippen LogP contribution in [0.3, 0.4) is 0 Å². The summed E-state index contributed by atoms with van der Waals surface area (Å²) in [5, 5.41) is 12.4. The molecule has 110 valence electrons. The number of hydrogen-bond acceptors (Lipinski definition) is 5. The number of nitrogens with one attached hydrogen (secondary N) is 1. The molecular formula is C11H19Cl2N3O2S. The van der Waals surface area contributed by atoms with Crippen LogP contribution in [0.25, 0.3) is 0 Å². The molecule has 1 fully saturated rings. The van der Waals surface area contributed by atoms with E-state index >= 15 is 0 Å². The molecule has 1 amide bonds. The number of aliphatic hydroxyl groups excluding tert-OH is 1. The van der Waals surface area contributed by atoms with Crippen molar-refractivity contribution in [1.29, 1.82) is 0 Å². The first-order valence-corrected chi connectivity index (χ1v) is 6.51. The van der Waals surface area contributed by atoms with E-state index in [2.05, 4.69) is 10.3 Å². The fraction of sp³-hybridized carbons (Fsp3) is 0.636. The lowest BCUT2D eigenvalue weighted by Crippen LogP contribution is -2.41. The van der Waals surface area contributed by atoms with Gasteiger partial charge in [-0.05, 0) is 13.3 Å². The summed E-state index contributed by atoms with van der Waals surface area (Å²) in [4.78, 5) is 19.0. The van der Waals surface area contributed by atoms with Crippen LogP contribution < -0.4 is 5.32 Å². The number of likely N-dealkylation sites (N-methyl/N-ethyl adjacent to an activating group) is 1. The molecule has 1 aliphatic heterocycles. The fourth-order valence-corrected chi connectivity index (χ4v) is 2.77. The lowest BCUT2D eigenvalue weighted by Gasteiger charge is -2.20. The van der Waals surface area contributed by atoms with Gasteiger partial charge >= 0.3 is 0 Å². The molecule has 0 bridgehead atoms. The van der Waals surface area contributed by atoms with E-state index in [1.807, 2.05) is 6.92 Å². The average Bonchev–Trinajstić information content (AvgIpc) is 2.88. The predicted molar refractivity (Wildman–Crippen MR) is 80.2 cm³/mol. The maximum absolute atomic E-state index is 12.1. The summed E-state index contributed by atoms with van der Waals surface area (Å²) in [6, 6.07) is -0.247. The molecule has 2 heterocycles. The van der Waals surface area contributed by atoms with Gasteiger partial charge < -0.3 is 15.3 Å². The number of β-amino-alcohol motifs (C(OH)–C–C–N with tert-alkyl or cyclic N) is 1.